The zero-order valence-corrected chi connectivity index (χ0v) is 10.3. The summed E-state index contributed by atoms with van der Waals surface area (Å²) < 4.78 is 4.89. The Morgan fingerprint density at radius 2 is 1.78 bits per heavy atom. The fraction of sp³-hybridized carbons (Fsp3) is 0.286. The minimum absolute atomic E-state index is 0.148. The van der Waals surface area contributed by atoms with Crippen LogP contribution in [0.2, 0.25) is 0 Å². The quantitative estimate of drug-likeness (QED) is 0.620. The van der Waals surface area contributed by atoms with Crippen molar-refractivity contribution in [3.8, 4) is 0 Å². The van der Waals surface area contributed by atoms with Gasteiger partial charge >= 0.3 is 11.9 Å². The van der Waals surface area contributed by atoms with E-state index >= 15 is 0 Å². The van der Waals surface area contributed by atoms with Crippen molar-refractivity contribution >= 4 is 11.9 Å². The first-order chi connectivity index (χ1) is 8.61. The summed E-state index contributed by atoms with van der Waals surface area (Å²) in [4.78, 5) is 21.3. The lowest BCUT2D eigenvalue weighted by Crippen LogP contribution is -2.02. The van der Waals surface area contributed by atoms with Crippen LogP contribution in [0.5, 0.6) is 0 Å². The molecule has 0 saturated carbocycles. The first kappa shape index (κ1) is 14.0. The standard InChI is InChI=1S/C14H16O4/c1-2-3-11-4-6-12(7-5-11)10-18-14(17)9-8-13(15)16/h4-9H,2-3,10H2,1H3,(H,15,16)/b9-8-. The normalized spacial score (nSPS) is 10.5. The van der Waals surface area contributed by atoms with E-state index in [4.69, 9.17) is 9.84 Å². The third-order valence-electron chi connectivity index (χ3n) is 2.30. The largest absolute Gasteiger partial charge is 0.478 e. The van der Waals surface area contributed by atoms with Gasteiger partial charge in [0.1, 0.15) is 6.61 Å². The van der Waals surface area contributed by atoms with E-state index in [9.17, 15) is 9.59 Å². The average Bonchev–Trinajstić information content (AvgIpc) is 2.36. The number of carboxylic acids is 1. The molecule has 96 valence electrons. The van der Waals surface area contributed by atoms with Crippen LogP contribution in [0.3, 0.4) is 0 Å². The molecule has 0 bridgehead atoms. The van der Waals surface area contributed by atoms with Crippen molar-refractivity contribution in [1.29, 1.82) is 0 Å². The van der Waals surface area contributed by atoms with Crippen LogP contribution >= 0.6 is 0 Å². The van der Waals surface area contributed by atoms with E-state index in [2.05, 4.69) is 6.92 Å². The lowest BCUT2D eigenvalue weighted by Gasteiger charge is -2.03. The number of esters is 1. The summed E-state index contributed by atoms with van der Waals surface area (Å²) in [6.45, 7) is 2.26. The van der Waals surface area contributed by atoms with Crippen molar-refractivity contribution in [3.05, 3.63) is 47.5 Å². The number of hydrogen-bond acceptors (Lipinski definition) is 3. The number of benzene rings is 1. The highest BCUT2D eigenvalue weighted by molar-refractivity contribution is 5.90. The molecule has 4 heteroatoms. The molecule has 4 nitrogen and oxygen atoms in total. The van der Waals surface area contributed by atoms with Crippen LogP contribution < -0.4 is 0 Å². The first-order valence-corrected chi connectivity index (χ1v) is 5.77. The summed E-state index contributed by atoms with van der Waals surface area (Å²) >= 11 is 0. The van der Waals surface area contributed by atoms with Crippen molar-refractivity contribution in [2.45, 2.75) is 26.4 Å². The fourth-order valence-electron chi connectivity index (χ4n) is 1.43. The number of rotatable bonds is 6. The molecule has 0 aliphatic rings. The topological polar surface area (TPSA) is 63.6 Å². The lowest BCUT2D eigenvalue weighted by molar-refractivity contribution is -0.139. The van der Waals surface area contributed by atoms with Gasteiger partial charge in [0, 0.05) is 12.2 Å². The second-order valence-electron chi connectivity index (χ2n) is 3.85. The van der Waals surface area contributed by atoms with E-state index in [1.807, 2.05) is 24.3 Å². The molecule has 0 atom stereocenters. The van der Waals surface area contributed by atoms with E-state index in [0.717, 1.165) is 30.6 Å². The molecule has 0 aromatic heterocycles. The molecule has 1 aromatic rings. The summed E-state index contributed by atoms with van der Waals surface area (Å²) in [5, 5.41) is 8.33. The number of carboxylic acid groups (broad SMARTS) is 1. The van der Waals surface area contributed by atoms with Gasteiger partial charge in [-0.3, -0.25) is 0 Å². The maximum absolute atomic E-state index is 11.1. The Morgan fingerprint density at radius 3 is 2.33 bits per heavy atom. The summed E-state index contributed by atoms with van der Waals surface area (Å²) in [7, 11) is 0. The number of hydrogen-bond donors (Lipinski definition) is 1. The van der Waals surface area contributed by atoms with E-state index in [0.29, 0.717) is 0 Å². The highest BCUT2D eigenvalue weighted by Crippen LogP contribution is 2.07. The molecule has 0 fully saturated rings. The van der Waals surface area contributed by atoms with Gasteiger partial charge < -0.3 is 9.84 Å². The summed E-state index contributed by atoms with van der Waals surface area (Å²) in [6, 6.07) is 7.80. The molecular formula is C14H16O4. The van der Waals surface area contributed by atoms with Crippen molar-refractivity contribution in [2.24, 2.45) is 0 Å². The monoisotopic (exact) mass is 248 g/mol. The van der Waals surface area contributed by atoms with Gasteiger partial charge in [-0.1, -0.05) is 37.6 Å². The molecule has 0 amide bonds. The minimum atomic E-state index is -1.17. The number of aryl methyl sites for hydroxylation is 1. The van der Waals surface area contributed by atoms with E-state index in [1.54, 1.807) is 0 Å². The molecule has 18 heavy (non-hydrogen) atoms. The summed E-state index contributed by atoms with van der Waals surface area (Å²) in [5.74, 6) is -1.83. The Bertz CT molecular complexity index is 432. The van der Waals surface area contributed by atoms with Crippen molar-refractivity contribution < 1.29 is 19.4 Å². The SMILES string of the molecule is CCCc1ccc(COC(=O)/C=C\C(=O)O)cc1. The minimum Gasteiger partial charge on any atom is -0.478 e. The second kappa shape index (κ2) is 7.27. The van der Waals surface area contributed by atoms with Gasteiger partial charge in [-0.15, -0.1) is 0 Å². The Balaban J connectivity index is 2.43. The molecular weight excluding hydrogens is 232 g/mol. The number of carbonyl (C=O) groups is 2. The third-order valence-corrected chi connectivity index (χ3v) is 2.30. The summed E-state index contributed by atoms with van der Waals surface area (Å²) in [5.41, 5.74) is 2.13. The van der Waals surface area contributed by atoms with E-state index < -0.39 is 11.9 Å². The zero-order chi connectivity index (χ0) is 13.4. The molecule has 1 rings (SSSR count). The molecule has 0 unspecified atom stereocenters. The van der Waals surface area contributed by atoms with Crippen molar-refractivity contribution in [3.63, 3.8) is 0 Å². The van der Waals surface area contributed by atoms with E-state index in [1.165, 1.54) is 5.56 Å². The van der Waals surface area contributed by atoms with Gasteiger partial charge in [0.25, 0.3) is 0 Å². The second-order valence-corrected chi connectivity index (χ2v) is 3.85. The maximum atomic E-state index is 11.1. The number of ether oxygens (including phenoxy) is 1. The third kappa shape index (κ3) is 5.30. The van der Waals surface area contributed by atoms with Crippen LogP contribution in [0.15, 0.2) is 36.4 Å². The first-order valence-electron chi connectivity index (χ1n) is 5.77. The Kier molecular flexibility index (Phi) is 5.64. The van der Waals surface area contributed by atoms with Crippen LogP contribution in [0, 0.1) is 0 Å². The van der Waals surface area contributed by atoms with Crippen LogP contribution in [-0.2, 0) is 27.4 Å². The van der Waals surface area contributed by atoms with Crippen molar-refractivity contribution in [1.82, 2.24) is 0 Å². The Morgan fingerprint density at radius 1 is 1.17 bits per heavy atom. The van der Waals surface area contributed by atoms with Crippen molar-refractivity contribution in [2.75, 3.05) is 0 Å². The van der Waals surface area contributed by atoms with E-state index in [-0.39, 0.29) is 6.61 Å². The van der Waals surface area contributed by atoms with Gasteiger partial charge in [-0.2, -0.15) is 0 Å². The zero-order valence-electron chi connectivity index (χ0n) is 10.3. The van der Waals surface area contributed by atoms with Crippen LogP contribution in [-0.4, -0.2) is 17.0 Å². The van der Waals surface area contributed by atoms with Crippen LogP contribution in [0.1, 0.15) is 24.5 Å². The molecule has 1 N–H and O–H groups in total. The van der Waals surface area contributed by atoms with Gasteiger partial charge in [0.15, 0.2) is 0 Å². The van der Waals surface area contributed by atoms with Gasteiger partial charge in [-0.05, 0) is 17.5 Å². The lowest BCUT2D eigenvalue weighted by atomic mass is 10.1. The average molecular weight is 248 g/mol. The molecule has 0 radical (unpaired) electrons. The molecule has 0 heterocycles. The van der Waals surface area contributed by atoms with Crippen LogP contribution in [0.25, 0.3) is 0 Å². The number of aliphatic carboxylic acids is 1. The maximum Gasteiger partial charge on any atom is 0.331 e. The highest BCUT2D eigenvalue weighted by Gasteiger charge is 2.00. The summed E-state index contributed by atoms with van der Waals surface area (Å²) in [6.07, 6.45) is 3.77. The molecule has 1 aromatic carbocycles. The fourth-order valence-corrected chi connectivity index (χ4v) is 1.43. The van der Waals surface area contributed by atoms with Gasteiger partial charge in [-0.25, -0.2) is 9.59 Å². The predicted molar refractivity (Wildman–Crippen MR) is 67.0 cm³/mol. The molecule has 0 aliphatic heterocycles. The van der Waals surface area contributed by atoms with Gasteiger partial charge in [0.2, 0.25) is 0 Å². The Labute approximate surface area is 106 Å². The predicted octanol–water partition coefficient (Wildman–Crippen LogP) is 2.32. The Hall–Kier alpha value is -2.10. The number of carbonyl (C=O) groups excluding carboxylic acids is 1. The molecule has 0 aliphatic carbocycles. The van der Waals surface area contributed by atoms with Gasteiger partial charge in [0.05, 0.1) is 0 Å². The molecule has 0 spiro atoms. The smallest absolute Gasteiger partial charge is 0.331 e. The molecule has 0 saturated heterocycles. The van der Waals surface area contributed by atoms with Crippen LogP contribution in [0.4, 0.5) is 0 Å². The highest BCUT2D eigenvalue weighted by atomic mass is 16.5.